The molecule has 86 valence electrons. The van der Waals surface area contributed by atoms with Gasteiger partial charge in [0.2, 0.25) is 11.8 Å². The van der Waals surface area contributed by atoms with Crippen LogP contribution in [-0.2, 0) is 9.59 Å². The van der Waals surface area contributed by atoms with Crippen LogP contribution in [0, 0.1) is 5.41 Å². The first-order valence-corrected chi connectivity index (χ1v) is 5.12. The maximum atomic E-state index is 11.7. The molecule has 0 bridgehead atoms. The van der Waals surface area contributed by atoms with E-state index in [4.69, 9.17) is 23.7 Å². The third-order valence-electron chi connectivity index (χ3n) is 2.41. The van der Waals surface area contributed by atoms with Crippen LogP contribution in [0.2, 0.25) is 0 Å². The van der Waals surface area contributed by atoms with Gasteiger partial charge < -0.3 is 16.8 Å². The maximum Gasteiger partial charge on any atom is 0.232 e. The second-order valence-electron chi connectivity index (χ2n) is 3.52. The Morgan fingerprint density at radius 1 is 1.40 bits per heavy atom. The number of hydrogen-bond donors (Lipinski definition) is 3. The Morgan fingerprint density at radius 2 is 1.93 bits per heavy atom. The summed E-state index contributed by atoms with van der Waals surface area (Å²) >= 11 is 4.83. The first kappa shape index (κ1) is 13.8. The Kier molecular flexibility index (Phi) is 5.21. The molecule has 2 amide bonds. The zero-order chi connectivity index (χ0) is 12.1. The lowest BCUT2D eigenvalue weighted by Crippen LogP contribution is -2.47. The summed E-state index contributed by atoms with van der Waals surface area (Å²) in [6.07, 6.45) is 0.633. The van der Waals surface area contributed by atoms with Gasteiger partial charge in [0.15, 0.2) is 0 Å². The largest absolute Gasteiger partial charge is 0.392 e. The van der Waals surface area contributed by atoms with Gasteiger partial charge in [0.1, 0.15) is 0 Å². The number of carbonyl (C=O) groups excluding carboxylic acids is 2. The normalized spacial score (nSPS) is 14.0. The molecule has 0 aromatic heterocycles. The SMILES string of the molecule is CCC(C)(C(=O)NCCC(N)=O)C(N)=S. The highest BCUT2D eigenvalue weighted by atomic mass is 32.1. The molecule has 0 saturated heterocycles. The Morgan fingerprint density at radius 3 is 2.27 bits per heavy atom. The zero-order valence-electron chi connectivity index (χ0n) is 9.00. The van der Waals surface area contributed by atoms with Crippen LogP contribution in [0.25, 0.3) is 0 Å². The second-order valence-corrected chi connectivity index (χ2v) is 3.96. The summed E-state index contributed by atoms with van der Waals surface area (Å²) in [6, 6.07) is 0. The van der Waals surface area contributed by atoms with E-state index >= 15 is 0 Å². The Labute approximate surface area is 94.6 Å². The number of hydrogen-bond acceptors (Lipinski definition) is 3. The summed E-state index contributed by atoms with van der Waals surface area (Å²) in [5.41, 5.74) is 9.58. The fraction of sp³-hybridized carbons (Fsp3) is 0.667. The number of nitrogens with two attached hydrogens (primary N) is 2. The highest BCUT2D eigenvalue weighted by Crippen LogP contribution is 2.21. The van der Waals surface area contributed by atoms with Crippen LogP contribution in [0.1, 0.15) is 26.7 Å². The Balaban J connectivity index is 4.29. The van der Waals surface area contributed by atoms with E-state index in [0.717, 1.165) is 0 Å². The first-order chi connectivity index (χ1) is 6.84. The number of rotatable bonds is 6. The fourth-order valence-electron chi connectivity index (χ4n) is 0.941. The molecule has 0 aromatic carbocycles. The van der Waals surface area contributed by atoms with E-state index in [2.05, 4.69) is 5.32 Å². The quantitative estimate of drug-likeness (QED) is 0.546. The average Bonchev–Trinajstić information content (AvgIpc) is 2.15. The van der Waals surface area contributed by atoms with E-state index < -0.39 is 11.3 Å². The van der Waals surface area contributed by atoms with Crippen molar-refractivity contribution in [3.05, 3.63) is 0 Å². The van der Waals surface area contributed by atoms with E-state index in [1.54, 1.807) is 6.92 Å². The van der Waals surface area contributed by atoms with Crippen LogP contribution in [0.3, 0.4) is 0 Å². The van der Waals surface area contributed by atoms with Crippen molar-refractivity contribution in [3.63, 3.8) is 0 Å². The van der Waals surface area contributed by atoms with Crippen LogP contribution in [-0.4, -0.2) is 23.3 Å². The van der Waals surface area contributed by atoms with Crippen LogP contribution < -0.4 is 16.8 Å². The Hall–Kier alpha value is -1.17. The Bertz CT molecular complexity index is 281. The lowest BCUT2D eigenvalue weighted by molar-refractivity contribution is -0.127. The molecule has 15 heavy (non-hydrogen) atoms. The van der Waals surface area contributed by atoms with Gasteiger partial charge >= 0.3 is 0 Å². The molecular weight excluding hydrogens is 214 g/mol. The van der Waals surface area contributed by atoms with Gasteiger partial charge in [0, 0.05) is 13.0 Å². The summed E-state index contributed by atoms with van der Waals surface area (Å²) in [5, 5.41) is 2.58. The van der Waals surface area contributed by atoms with Crippen molar-refractivity contribution < 1.29 is 9.59 Å². The molecule has 0 heterocycles. The summed E-state index contributed by atoms with van der Waals surface area (Å²) < 4.78 is 0. The molecule has 5 N–H and O–H groups in total. The number of nitrogens with one attached hydrogen (secondary N) is 1. The van der Waals surface area contributed by atoms with Crippen molar-refractivity contribution in [2.24, 2.45) is 16.9 Å². The van der Waals surface area contributed by atoms with E-state index in [0.29, 0.717) is 6.42 Å². The van der Waals surface area contributed by atoms with Crippen LogP contribution >= 0.6 is 12.2 Å². The van der Waals surface area contributed by atoms with Gasteiger partial charge in [-0.15, -0.1) is 0 Å². The summed E-state index contributed by atoms with van der Waals surface area (Å²) in [6.45, 7) is 3.72. The van der Waals surface area contributed by atoms with Crippen LogP contribution in [0.15, 0.2) is 0 Å². The molecule has 0 saturated carbocycles. The molecule has 6 heteroatoms. The number of thiocarbonyl (C=S) groups is 1. The smallest absolute Gasteiger partial charge is 0.232 e. The van der Waals surface area contributed by atoms with Gasteiger partial charge in [-0.25, -0.2) is 0 Å². The number of amides is 2. The topological polar surface area (TPSA) is 98.2 Å². The molecule has 0 radical (unpaired) electrons. The molecule has 0 aromatic rings. The molecule has 0 spiro atoms. The molecule has 0 aliphatic rings. The van der Waals surface area contributed by atoms with Gasteiger partial charge in [0.25, 0.3) is 0 Å². The van der Waals surface area contributed by atoms with E-state index in [-0.39, 0.29) is 23.9 Å². The highest BCUT2D eigenvalue weighted by molar-refractivity contribution is 7.80. The predicted molar refractivity (Wildman–Crippen MR) is 62.0 cm³/mol. The standard InChI is InChI=1S/C9H17N3O2S/c1-3-9(2,7(11)15)8(14)12-5-4-6(10)13/h3-5H2,1-2H3,(H2,10,13)(H2,11,15)(H,12,14). The molecule has 0 aliphatic carbocycles. The van der Waals surface area contributed by atoms with Gasteiger partial charge in [-0.1, -0.05) is 19.1 Å². The van der Waals surface area contributed by atoms with Crippen molar-refractivity contribution in [2.75, 3.05) is 6.54 Å². The minimum atomic E-state index is -0.854. The van der Waals surface area contributed by atoms with Crippen molar-refractivity contribution >= 4 is 29.0 Å². The van der Waals surface area contributed by atoms with E-state index in [1.807, 2.05) is 6.92 Å². The predicted octanol–water partition coefficient (Wildman–Crippen LogP) is -0.320. The lowest BCUT2D eigenvalue weighted by Gasteiger charge is -2.25. The summed E-state index contributed by atoms with van der Waals surface area (Å²) in [5.74, 6) is -0.720. The minimum absolute atomic E-state index is 0.114. The van der Waals surface area contributed by atoms with Crippen LogP contribution in [0.5, 0.6) is 0 Å². The van der Waals surface area contributed by atoms with Crippen molar-refractivity contribution in [2.45, 2.75) is 26.7 Å². The lowest BCUT2D eigenvalue weighted by atomic mass is 9.86. The van der Waals surface area contributed by atoms with Crippen molar-refractivity contribution in [3.8, 4) is 0 Å². The molecular formula is C9H17N3O2S. The van der Waals surface area contributed by atoms with E-state index in [9.17, 15) is 9.59 Å². The molecule has 5 nitrogen and oxygen atoms in total. The highest BCUT2D eigenvalue weighted by Gasteiger charge is 2.34. The third kappa shape index (κ3) is 3.83. The second kappa shape index (κ2) is 5.65. The summed E-state index contributed by atoms with van der Waals surface area (Å²) in [4.78, 5) is 22.3. The average molecular weight is 231 g/mol. The number of carbonyl (C=O) groups is 2. The number of primary amides is 1. The summed E-state index contributed by atoms with van der Waals surface area (Å²) in [7, 11) is 0. The first-order valence-electron chi connectivity index (χ1n) is 4.71. The fourth-order valence-corrected chi connectivity index (χ4v) is 1.18. The molecule has 1 atom stereocenters. The van der Waals surface area contributed by atoms with Gasteiger partial charge in [-0.05, 0) is 13.3 Å². The minimum Gasteiger partial charge on any atom is -0.392 e. The molecule has 1 unspecified atom stereocenters. The van der Waals surface area contributed by atoms with Gasteiger partial charge in [0.05, 0.1) is 10.4 Å². The van der Waals surface area contributed by atoms with Gasteiger partial charge in [-0.3, -0.25) is 9.59 Å². The zero-order valence-corrected chi connectivity index (χ0v) is 9.82. The van der Waals surface area contributed by atoms with Crippen molar-refractivity contribution in [1.82, 2.24) is 5.32 Å². The molecule has 0 aliphatic heterocycles. The van der Waals surface area contributed by atoms with Crippen molar-refractivity contribution in [1.29, 1.82) is 0 Å². The molecule has 0 rings (SSSR count). The van der Waals surface area contributed by atoms with E-state index in [1.165, 1.54) is 0 Å². The maximum absolute atomic E-state index is 11.7. The van der Waals surface area contributed by atoms with Gasteiger partial charge in [-0.2, -0.15) is 0 Å². The van der Waals surface area contributed by atoms with Crippen LogP contribution in [0.4, 0.5) is 0 Å². The molecule has 0 fully saturated rings. The monoisotopic (exact) mass is 231 g/mol. The third-order valence-corrected chi connectivity index (χ3v) is 2.86.